The fraction of sp³-hybridized carbons (Fsp3) is 0.448. The third-order valence-electron chi connectivity index (χ3n) is 6.84. The molecule has 4 heteroatoms. The van der Waals surface area contributed by atoms with Crippen LogP contribution in [-0.4, -0.2) is 24.1 Å². The summed E-state index contributed by atoms with van der Waals surface area (Å²) >= 11 is 0. The zero-order valence-corrected chi connectivity index (χ0v) is 20.9. The highest BCUT2D eigenvalue weighted by molar-refractivity contribution is 5.81. The van der Waals surface area contributed by atoms with Gasteiger partial charge < -0.3 is 9.47 Å². The molecule has 0 radical (unpaired) electrons. The fourth-order valence-electron chi connectivity index (χ4n) is 4.70. The molecule has 2 aromatic rings. The smallest absolute Gasteiger partial charge is 0.305 e. The lowest BCUT2D eigenvalue weighted by atomic mass is 9.59. The van der Waals surface area contributed by atoms with Gasteiger partial charge in [-0.2, -0.15) is 0 Å². The Labute approximate surface area is 198 Å². The van der Waals surface area contributed by atoms with Crippen LogP contribution in [0.2, 0.25) is 0 Å². The molecular weight excluding hydrogens is 412 g/mol. The summed E-state index contributed by atoms with van der Waals surface area (Å²) < 4.78 is 11.9. The molecule has 2 aromatic carbocycles. The molecule has 0 saturated carbocycles. The molecule has 0 spiro atoms. The highest BCUT2D eigenvalue weighted by atomic mass is 16.6. The van der Waals surface area contributed by atoms with Gasteiger partial charge in [0, 0.05) is 23.7 Å². The number of fused-ring (bicyclic) bond motifs is 1. The minimum Gasteiger partial charge on any atom is -0.457 e. The summed E-state index contributed by atoms with van der Waals surface area (Å²) in [6.07, 6.45) is 1.55. The molecule has 0 bridgehead atoms. The predicted molar refractivity (Wildman–Crippen MR) is 133 cm³/mol. The Morgan fingerprint density at radius 2 is 1.33 bits per heavy atom. The molecule has 3 rings (SSSR count). The molecular formula is C29H36O4. The maximum atomic E-state index is 12.4. The molecule has 0 aromatic heterocycles. The molecule has 0 fully saturated rings. The summed E-state index contributed by atoms with van der Waals surface area (Å²) in [5.74, 6) is -0.579. The van der Waals surface area contributed by atoms with E-state index in [1.807, 2.05) is 18.2 Å². The van der Waals surface area contributed by atoms with Crippen molar-refractivity contribution in [2.24, 2.45) is 0 Å². The first-order valence-electron chi connectivity index (χ1n) is 11.8. The summed E-state index contributed by atoms with van der Waals surface area (Å²) in [6, 6.07) is 16.7. The molecule has 0 N–H and O–H groups in total. The van der Waals surface area contributed by atoms with E-state index in [-0.39, 0.29) is 24.8 Å². The molecule has 0 aliphatic heterocycles. The van der Waals surface area contributed by atoms with Crippen LogP contribution in [0.15, 0.2) is 48.5 Å². The number of hydrogen-bond acceptors (Lipinski definition) is 4. The van der Waals surface area contributed by atoms with E-state index in [0.29, 0.717) is 0 Å². The van der Waals surface area contributed by atoms with Crippen LogP contribution < -0.4 is 0 Å². The topological polar surface area (TPSA) is 52.6 Å². The summed E-state index contributed by atoms with van der Waals surface area (Å²) in [7, 11) is 0. The van der Waals surface area contributed by atoms with Crippen molar-refractivity contribution >= 4 is 23.6 Å². The first-order valence-corrected chi connectivity index (χ1v) is 11.8. The van der Waals surface area contributed by atoms with E-state index in [4.69, 9.17) is 9.47 Å². The van der Waals surface area contributed by atoms with Crippen LogP contribution in [-0.2, 0) is 29.9 Å². The maximum absolute atomic E-state index is 12.4. The average molecular weight is 449 g/mol. The summed E-state index contributed by atoms with van der Waals surface area (Å²) in [5.41, 5.74) is 4.57. The molecule has 1 aliphatic carbocycles. The molecule has 4 nitrogen and oxygen atoms in total. The number of esters is 2. The van der Waals surface area contributed by atoms with Gasteiger partial charge in [0.05, 0.1) is 0 Å². The lowest BCUT2D eigenvalue weighted by Gasteiger charge is -2.51. The van der Waals surface area contributed by atoms with Gasteiger partial charge in [-0.05, 0) is 34.8 Å². The molecule has 0 saturated heterocycles. The molecule has 2 atom stereocenters. The highest BCUT2D eigenvalue weighted by Crippen LogP contribution is 2.49. The fourth-order valence-corrected chi connectivity index (χ4v) is 4.70. The first-order chi connectivity index (χ1) is 15.5. The van der Waals surface area contributed by atoms with Crippen LogP contribution in [0.3, 0.4) is 0 Å². The Morgan fingerprint density at radius 3 is 1.85 bits per heavy atom. The normalized spacial score (nSPS) is 21.1. The van der Waals surface area contributed by atoms with Crippen molar-refractivity contribution in [3.05, 3.63) is 70.8 Å². The van der Waals surface area contributed by atoms with Gasteiger partial charge in [-0.3, -0.25) is 9.59 Å². The van der Waals surface area contributed by atoms with Gasteiger partial charge in [0.1, 0.15) is 12.2 Å². The van der Waals surface area contributed by atoms with Crippen molar-refractivity contribution in [1.82, 2.24) is 0 Å². The summed E-state index contributed by atoms with van der Waals surface area (Å²) in [4.78, 5) is 24.7. The number of allylic oxidation sites excluding steroid dienone is 1. The van der Waals surface area contributed by atoms with Crippen LogP contribution in [0.1, 0.15) is 83.6 Å². The average Bonchev–Trinajstić information content (AvgIpc) is 2.80. The predicted octanol–water partition coefficient (Wildman–Crippen LogP) is 6.46. The van der Waals surface area contributed by atoms with E-state index in [1.54, 1.807) is 13.8 Å². The number of carbonyl (C=O) groups is 2. The SMILES string of the molecule is CCC(=O)OC1C(OC(=O)CC)C(C)(C)c2cc(C(C)=Cc3ccccc3)ccc2C1(C)C. The Kier molecular flexibility index (Phi) is 7.16. The minimum atomic E-state index is -0.586. The van der Waals surface area contributed by atoms with E-state index < -0.39 is 23.0 Å². The van der Waals surface area contributed by atoms with Crippen LogP contribution in [0.25, 0.3) is 11.6 Å². The van der Waals surface area contributed by atoms with Crippen molar-refractivity contribution in [2.75, 3.05) is 0 Å². The second kappa shape index (κ2) is 9.54. The van der Waals surface area contributed by atoms with Gasteiger partial charge in [-0.25, -0.2) is 0 Å². The molecule has 33 heavy (non-hydrogen) atoms. The van der Waals surface area contributed by atoms with Gasteiger partial charge in [0.15, 0.2) is 0 Å². The molecule has 176 valence electrons. The number of rotatable bonds is 6. The monoisotopic (exact) mass is 448 g/mol. The van der Waals surface area contributed by atoms with E-state index in [1.165, 1.54) is 0 Å². The molecule has 2 unspecified atom stereocenters. The zero-order valence-electron chi connectivity index (χ0n) is 20.9. The van der Waals surface area contributed by atoms with Crippen molar-refractivity contribution in [1.29, 1.82) is 0 Å². The number of benzene rings is 2. The van der Waals surface area contributed by atoms with Gasteiger partial charge in [0.25, 0.3) is 0 Å². The molecule has 1 aliphatic rings. The lowest BCUT2D eigenvalue weighted by Crippen LogP contribution is -2.59. The maximum Gasteiger partial charge on any atom is 0.305 e. The van der Waals surface area contributed by atoms with Crippen LogP contribution >= 0.6 is 0 Å². The van der Waals surface area contributed by atoms with E-state index in [2.05, 4.69) is 71.0 Å². The second-order valence-electron chi connectivity index (χ2n) is 9.97. The Hall–Kier alpha value is -2.88. The van der Waals surface area contributed by atoms with Crippen LogP contribution in [0, 0.1) is 0 Å². The van der Waals surface area contributed by atoms with Gasteiger partial charge >= 0.3 is 11.9 Å². The quantitative estimate of drug-likeness (QED) is 0.376. The number of ether oxygens (including phenoxy) is 2. The zero-order chi connectivity index (χ0) is 24.4. The Bertz CT molecular complexity index is 1050. The van der Waals surface area contributed by atoms with Crippen molar-refractivity contribution in [3.63, 3.8) is 0 Å². The molecule has 0 heterocycles. The Balaban J connectivity index is 2.13. The summed E-state index contributed by atoms with van der Waals surface area (Å²) in [6.45, 7) is 13.9. The third kappa shape index (κ3) is 4.90. The van der Waals surface area contributed by atoms with Gasteiger partial charge in [-0.15, -0.1) is 0 Å². The molecule has 0 amide bonds. The van der Waals surface area contributed by atoms with Crippen LogP contribution in [0.4, 0.5) is 0 Å². The van der Waals surface area contributed by atoms with E-state index in [0.717, 1.165) is 27.8 Å². The Morgan fingerprint density at radius 1 is 0.818 bits per heavy atom. The number of hydrogen-bond donors (Lipinski definition) is 0. The van der Waals surface area contributed by atoms with Gasteiger partial charge in [-0.1, -0.05) is 96.1 Å². The van der Waals surface area contributed by atoms with Crippen LogP contribution in [0.5, 0.6) is 0 Å². The lowest BCUT2D eigenvalue weighted by molar-refractivity contribution is -0.182. The summed E-state index contributed by atoms with van der Waals surface area (Å²) in [5, 5.41) is 0. The van der Waals surface area contributed by atoms with Crippen molar-refractivity contribution in [2.45, 2.75) is 84.3 Å². The van der Waals surface area contributed by atoms with Crippen molar-refractivity contribution in [3.8, 4) is 0 Å². The standard InChI is InChI=1S/C29H36O4/c1-8-24(30)32-26-27(33-25(31)9-2)29(6,7)23-18-21(15-16-22(23)28(26,4)5)19(3)17-20-13-11-10-12-14-20/h10-18,26-27H,8-9H2,1-7H3. The number of carbonyl (C=O) groups excluding carboxylic acids is 2. The van der Waals surface area contributed by atoms with Crippen molar-refractivity contribution < 1.29 is 19.1 Å². The first kappa shape index (κ1) is 24.8. The second-order valence-corrected chi connectivity index (χ2v) is 9.97. The van der Waals surface area contributed by atoms with E-state index >= 15 is 0 Å². The largest absolute Gasteiger partial charge is 0.457 e. The third-order valence-corrected chi connectivity index (χ3v) is 6.84. The van der Waals surface area contributed by atoms with E-state index in [9.17, 15) is 9.59 Å². The minimum absolute atomic E-state index is 0.271. The van der Waals surface area contributed by atoms with Gasteiger partial charge in [0.2, 0.25) is 0 Å². The highest BCUT2D eigenvalue weighted by Gasteiger charge is 2.55.